The molecule has 5 rings (SSSR count). The van der Waals surface area contributed by atoms with E-state index in [4.69, 9.17) is 17.0 Å². The van der Waals surface area contributed by atoms with Crippen molar-refractivity contribution in [1.29, 1.82) is 0 Å². The van der Waals surface area contributed by atoms with Crippen LogP contribution in [0.4, 0.5) is 5.69 Å². The van der Waals surface area contributed by atoms with E-state index in [1.165, 1.54) is 4.90 Å². The van der Waals surface area contributed by atoms with Crippen LogP contribution in [0.3, 0.4) is 0 Å². The number of nitrogens with zero attached hydrogens (tertiary/aromatic N) is 2. The third-order valence-electron chi connectivity index (χ3n) is 6.55. The average Bonchev–Trinajstić information content (AvgIpc) is 3.19. The molecule has 1 saturated heterocycles. The maximum Gasteiger partial charge on any atom is 0.270 e. The van der Waals surface area contributed by atoms with E-state index >= 15 is 0 Å². The highest BCUT2D eigenvalue weighted by molar-refractivity contribution is 9.10. The molecule has 8 heteroatoms. The number of hydrogen-bond donors (Lipinski definition) is 1. The fourth-order valence-electron chi connectivity index (χ4n) is 4.58. The summed E-state index contributed by atoms with van der Waals surface area (Å²) in [7, 11) is 0. The Labute approximate surface area is 241 Å². The Bertz CT molecular complexity index is 1620. The topological polar surface area (TPSA) is 63.6 Å². The van der Waals surface area contributed by atoms with Gasteiger partial charge in [0.05, 0.1) is 5.69 Å². The van der Waals surface area contributed by atoms with Gasteiger partial charge in [0.15, 0.2) is 5.11 Å². The van der Waals surface area contributed by atoms with Crippen LogP contribution in [0, 0.1) is 20.8 Å². The molecule has 1 aromatic heterocycles. The smallest absolute Gasteiger partial charge is 0.270 e. The molecule has 4 aromatic rings. The first-order chi connectivity index (χ1) is 18.7. The van der Waals surface area contributed by atoms with Crippen LogP contribution < -0.4 is 15.0 Å². The van der Waals surface area contributed by atoms with Crippen molar-refractivity contribution in [1.82, 2.24) is 9.88 Å². The van der Waals surface area contributed by atoms with Crippen LogP contribution in [0.15, 0.2) is 88.9 Å². The molecule has 2 heterocycles. The van der Waals surface area contributed by atoms with Crippen molar-refractivity contribution in [2.45, 2.75) is 27.4 Å². The number of carbonyl (C=O) groups excluding carboxylic acids is 2. The van der Waals surface area contributed by atoms with E-state index in [-0.39, 0.29) is 10.7 Å². The normalized spacial score (nSPS) is 14.6. The van der Waals surface area contributed by atoms with Gasteiger partial charge in [-0.1, -0.05) is 40.2 Å². The third kappa shape index (κ3) is 5.57. The van der Waals surface area contributed by atoms with Gasteiger partial charge in [0, 0.05) is 21.5 Å². The molecule has 0 aliphatic carbocycles. The fraction of sp³-hybridized carbons (Fsp3) is 0.129. The van der Waals surface area contributed by atoms with Crippen LogP contribution >= 0.6 is 28.1 Å². The van der Waals surface area contributed by atoms with Crippen LogP contribution in [-0.2, 0) is 16.2 Å². The SMILES string of the molecule is Cc1cccc(N2C(=O)C(=Cc3cc(C)n(-c4ccc(OCc5ccc(Br)cc5)cc4)c3C)C(=O)NC2=S)c1. The summed E-state index contributed by atoms with van der Waals surface area (Å²) in [6, 6.07) is 25.3. The van der Waals surface area contributed by atoms with Gasteiger partial charge in [-0.25, -0.2) is 0 Å². The zero-order valence-electron chi connectivity index (χ0n) is 21.7. The first-order valence-corrected chi connectivity index (χ1v) is 13.6. The van der Waals surface area contributed by atoms with Crippen LogP contribution in [0.25, 0.3) is 11.8 Å². The lowest BCUT2D eigenvalue weighted by atomic mass is 10.1. The highest BCUT2D eigenvalue weighted by Gasteiger charge is 2.34. The molecule has 1 N–H and O–H groups in total. The first kappa shape index (κ1) is 26.6. The quantitative estimate of drug-likeness (QED) is 0.154. The van der Waals surface area contributed by atoms with Gasteiger partial charge in [-0.3, -0.25) is 19.8 Å². The summed E-state index contributed by atoms with van der Waals surface area (Å²) >= 11 is 8.78. The zero-order chi connectivity index (χ0) is 27.7. The number of anilines is 1. The van der Waals surface area contributed by atoms with Crippen molar-refractivity contribution < 1.29 is 14.3 Å². The second kappa shape index (κ2) is 11.0. The molecule has 6 nitrogen and oxygen atoms in total. The standard InChI is InChI=1S/C31H26BrN3O3S/c1-19-5-4-6-26(15-19)35-30(37)28(29(36)33-31(35)39)17-23-16-20(2)34(21(23)3)25-11-13-27(14-12-25)38-18-22-7-9-24(32)10-8-22/h4-17H,18H2,1-3H3,(H,33,36,39). The number of ether oxygens (including phenoxy) is 1. The highest BCUT2D eigenvalue weighted by atomic mass is 79.9. The summed E-state index contributed by atoms with van der Waals surface area (Å²) in [6.45, 7) is 6.37. The Morgan fingerprint density at radius 1 is 0.923 bits per heavy atom. The number of amides is 2. The minimum Gasteiger partial charge on any atom is -0.489 e. The Morgan fingerprint density at radius 3 is 2.33 bits per heavy atom. The van der Waals surface area contributed by atoms with Gasteiger partial charge in [-0.05, 0) is 110 Å². The molecule has 0 bridgehead atoms. The number of thiocarbonyl (C=S) groups is 1. The Hall–Kier alpha value is -4.01. The Kier molecular flexibility index (Phi) is 7.50. The molecule has 196 valence electrons. The molecule has 2 amide bonds. The minimum atomic E-state index is -0.508. The van der Waals surface area contributed by atoms with Crippen molar-refractivity contribution in [3.8, 4) is 11.4 Å². The average molecular weight is 601 g/mol. The summed E-state index contributed by atoms with van der Waals surface area (Å²) < 4.78 is 9.06. The highest BCUT2D eigenvalue weighted by Crippen LogP contribution is 2.27. The monoisotopic (exact) mass is 599 g/mol. The van der Waals surface area contributed by atoms with Gasteiger partial charge in [-0.2, -0.15) is 0 Å². The molecule has 0 unspecified atom stereocenters. The minimum absolute atomic E-state index is 0.0297. The van der Waals surface area contributed by atoms with Crippen molar-refractivity contribution in [3.63, 3.8) is 0 Å². The van der Waals surface area contributed by atoms with Crippen LogP contribution in [0.1, 0.15) is 28.1 Å². The lowest BCUT2D eigenvalue weighted by Gasteiger charge is -2.29. The van der Waals surface area contributed by atoms with Crippen molar-refractivity contribution >= 4 is 56.8 Å². The predicted molar refractivity (Wildman–Crippen MR) is 161 cm³/mol. The maximum absolute atomic E-state index is 13.4. The van der Waals surface area contributed by atoms with Crippen molar-refractivity contribution in [2.75, 3.05) is 4.90 Å². The molecular formula is C31H26BrN3O3S. The van der Waals surface area contributed by atoms with E-state index in [1.54, 1.807) is 12.1 Å². The molecule has 39 heavy (non-hydrogen) atoms. The van der Waals surface area contributed by atoms with Crippen molar-refractivity contribution in [3.05, 3.63) is 117 Å². The number of carbonyl (C=O) groups is 2. The maximum atomic E-state index is 13.4. The number of aryl methyl sites for hydroxylation is 2. The van der Waals surface area contributed by atoms with Gasteiger partial charge in [0.2, 0.25) is 0 Å². The van der Waals surface area contributed by atoms with Gasteiger partial charge in [0.25, 0.3) is 11.8 Å². The zero-order valence-corrected chi connectivity index (χ0v) is 24.1. The van der Waals surface area contributed by atoms with Crippen LogP contribution in [0.5, 0.6) is 5.75 Å². The second-order valence-corrected chi connectivity index (χ2v) is 10.7. The number of hydrogen-bond acceptors (Lipinski definition) is 4. The molecule has 1 fully saturated rings. The van der Waals surface area contributed by atoms with Crippen LogP contribution in [-0.4, -0.2) is 21.5 Å². The Morgan fingerprint density at radius 2 is 1.64 bits per heavy atom. The van der Waals surface area contributed by atoms with E-state index < -0.39 is 11.8 Å². The van der Waals surface area contributed by atoms with E-state index in [9.17, 15) is 9.59 Å². The number of rotatable bonds is 6. The van der Waals surface area contributed by atoms with E-state index in [0.29, 0.717) is 12.3 Å². The van der Waals surface area contributed by atoms with E-state index in [1.807, 2.05) is 93.6 Å². The molecule has 3 aromatic carbocycles. The second-order valence-electron chi connectivity index (χ2n) is 9.37. The summed E-state index contributed by atoms with van der Waals surface area (Å²) in [4.78, 5) is 27.6. The van der Waals surface area contributed by atoms with Gasteiger partial charge >= 0.3 is 0 Å². The lowest BCUT2D eigenvalue weighted by molar-refractivity contribution is -0.122. The number of nitrogens with one attached hydrogen (secondary N) is 1. The summed E-state index contributed by atoms with van der Waals surface area (Å²) in [5.41, 5.74) is 6.31. The molecule has 0 radical (unpaired) electrons. The van der Waals surface area contributed by atoms with Gasteiger partial charge < -0.3 is 9.30 Å². The number of halogens is 1. The number of aromatic nitrogens is 1. The summed E-state index contributed by atoms with van der Waals surface area (Å²) in [6.07, 6.45) is 1.64. The first-order valence-electron chi connectivity index (χ1n) is 12.4. The van der Waals surface area contributed by atoms with E-state index in [0.717, 1.165) is 44.0 Å². The van der Waals surface area contributed by atoms with E-state index in [2.05, 4.69) is 25.8 Å². The molecule has 0 spiro atoms. The van der Waals surface area contributed by atoms with Crippen LogP contribution in [0.2, 0.25) is 0 Å². The van der Waals surface area contributed by atoms with Gasteiger partial charge in [-0.15, -0.1) is 0 Å². The lowest BCUT2D eigenvalue weighted by Crippen LogP contribution is -2.54. The molecule has 1 aliphatic heterocycles. The molecule has 0 atom stereocenters. The molecular weight excluding hydrogens is 574 g/mol. The number of benzene rings is 3. The Balaban J connectivity index is 1.39. The van der Waals surface area contributed by atoms with Gasteiger partial charge in [0.1, 0.15) is 17.9 Å². The fourth-order valence-corrected chi connectivity index (χ4v) is 5.13. The van der Waals surface area contributed by atoms with Crippen molar-refractivity contribution in [2.24, 2.45) is 0 Å². The summed E-state index contributed by atoms with van der Waals surface area (Å²) in [5.74, 6) is -0.194. The predicted octanol–water partition coefficient (Wildman–Crippen LogP) is 6.58. The largest absolute Gasteiger partial charge is 0.489 e. The third-order valence-corrected chi connectivity index (χ3v) is 7.36. The summed E-state index contributed by atoms with van der Waals surface area (Å²) in [5, 5.41) is 2.73. The molecule has 0 saturated carbocycles. The molecule has 1 aliphatic rings.